The van der Waals surface area contributed by atoms with Gasteiger partial charge in [-0.05, 0) is 29.6 Å². The maximum absolute atomic E-state index is 2.47. The zero-order chi connectivity index (χ0) is 9.35. The minimum atomic E-state index is 0.689. The Morgan fingerprint density at radius 3 is 2.25 bits per heavy atom. The molecule has 0 N–H and O–H groups in total. The molecule has 0 aromatic heterocycles. The predicted molar refractivity (Wildman–Crippen MR) is 55.1 cm³/mol. The van der Waals surface area contributed by atoms with Crippen LogP contribution in [0.3, 0.4) is 0 Å². The Kier molecular flexibility index (Phi) is 2.85. The monoisotopic (exact) mass is 168 g/mol. The fourth-order valence-electron chi connectivity index (χ4n) is 2.59. The lowest BCUT2D eigenvalue weighted by molar-refractivity contribution is 0.231. The molecule has 4 atom stereocenters. The Balaban J connectivity index is 2.42. The van der Waals surface area contributed by atoms with E-state index in [-0.39, 0.29) is 0 Å². The van der Waals surface area contributed by atoms with E-state index in [1.165, 1.54) is 19.3 Å². The highest BCUT2D eigenvalue weighted by Crippen LogP contribution is 2.59. The van der Waals surface area contributed by atoms with Crippen LogP contribution in [0.5, 0.6) is 0 Å². The van der Waals surface area contributed by atoms with Crippen molar-refractivity contribution in [2.45, 2.75) is 53.9 Å². The molecule has 1 aliphatic rings. The third kappa shape index (κ3) is 1.67. The first-order valence-electron chi connectivity index (χ1n) is 5.52. The van der Waals surface area contributed by atoms with Crippen molar-refractivity contribution in [3.8, 4) is 0 Å². The van der Waals surface area contributed by atoms with Crippen molar-refractivity contribution in [2.75, 3.05) is 0 Å². The Morgan fingerprint density at radius 1 is 1.42 bits per heavy atom. The van der Waals surface area contributed by atoms with E-state index in [4.69, 9.17) is 0 Å². The maximum atomic E-state index is 2.47. The SMILES string of the molecule is CCCC(C)C(C)C1(C)CC1C. The van der Waals surface area contributed by atoms with Crippen LogP contribution < -0.4 is 0 Å². The molecule has 1 aliphatic carbocycles. The molecule has 0 spiro atoms. The first-order chi connectivity index (χ1) is 5.52. The van der Waals surface area contributed by atoms with E-state index in [1.807, 2.05) is 0 Å². The van der Waals surface area contributed by atoms with Gasteiger partial charge in [-0.3, -0.25) is 0 Å². The van der Waals surface area contributed by atoms with Crippen LogP contribution in [0.4, 0.5) is 0 Å². The predicted octanol–water partition coefficient (Wildman–Crippen LogP) is 4.10. The summed E-state index contributed by atoms with van der Waals surface area (Å²) in [6.07, 6.45) is 4.21. The van der Waals surface area contributed by atoms with Gasteiger partial charge in [-0.2, -0.15) is 0 Å². The molecule has 1 saturated carbocycles. The van der Waals surface area contributed by atoms with Gasteiger partial charge in [-0.1, -0.05) is 47.5 Å². The minimum absolute atomic E-state index is 0.689. The first-order valence-corrected chi connectivity index (χ1v) is 5.52. The molecule has 0 aromatic carbocycles. The van der Waals surface area contributed by atoms with Crippen molar-refractivity contribution >= 4 is 0 Å². The van der Waals surface area contributed by atoms with Crippen LogP contribution in [-0.4, -0.2) is 0 Å². The van der Waals surface area contributed by atoms with Gasteiger partial charge in [0, 0.05) is 0 Å². The zero-order valence-electron chi connectivity index (χ0n) is 9.35. The summed E-state index contributed by atoms with van der Waals surface area (Å²) in [7, 11) is 0. The van der Waals surface area contributed by atoms with Crippen LogP contribution in [0.2, 0.25) is 0 Å². The smallest absolute Gasteiger partial charge is 0.0269 e. The maximum Gasteiger partial charge on any atom is -0.0269 e. The Labute approximate surface area is 77.7 Å². The summed E-state index contributed by atoms with van der Waals surface area (Å²) in [5.74, 6) is 2.82. The molecule has 0 aromatic rings. The number of hydrogen-bond acceptors (Lipinski definition) is 0. The van der Waals surface area contributed by atoms with Crippen LogP contribution >= 0.6 is 0 Å². The molecule has 0 bridgehead atoms. The highest BCUT2D eigenvalue weighted by molar-refractivity contribution is 5.00. The van der Waals surface area contributed by atoms with Crippen LogP contribution in [-0.2, 0) is 0 Å². The van der Waals surface area contributed by atoms with Crippen molar-refractivity contribution in [3.63, 3.8) is 0 Å². The fraction of sp³-hybridized carbons (Fsp3) is 1.00. The molecular formula is C12H24. The minimum Gasteiger partial charge on any atom is -0.0654 e. The van der Waals surface area contributed by atoms with Crippen LogP contribution in [0.25, 0.3) is 0 Å². The highest BCUT2D eigenvalue weighted by Gasteiger charge is 2.51. The normalized spacial score (nSPS) is 39.2. The lowest BCUT2D eigenvalue weighted by atomic mass is 9.79. The second-order valence-electron chi connectivity index (χ2n) is 5.17. The first kappa shape index (κ1) is 10.1. The van der Waals surface area contributed by atoms with Gasteiger partial charge in [0.2, 0.25) is 0 Å². The van der Waals surface area contributed by atoms with Gasteiger partial charge in [0.15, 0.2) is 0 Å². The van der Waals surface area contributed by atoms with Gasteiger partial charge in [0.05, 0.1) is 0 Å². The summed E-state index contributed by atoms with van der Waals surface area (Å²) < 4.78 is 0. The van der Waals surface area contributed by atoms with Gasteiger partial charge in [0.1, 0.15) is 0 Å². The Hall–Kier alpha value is 0. The van der Waals surface area contributed by atoms with Gasteiger partial charge < -0.3 is 0 Å². The third-order valence-electron chi connectivity index (χ3n) is 4.35. The summed E-state index contributed by atoms with van der Waals surface area (Å²) >= 11 is 0. The summed E-state index contributed by atoms with van der Waals surface area (Å²) in [6.45, 7) is 12.0. The molecule has 72 valence electrons. The largest absolute Gasteiger partial charge is 0.0654 e. The van der Waals surface area contributed by atoms with Crippen molar-refractivity contribution in [3.05, 3.63) is 0 Å². The molecule has 0 nitrogen and oxygen atoms in total. The van der Waals surface area contributed by atoms with E-state index in [1.54, 1.807) is 0 Å². The summed E-state index contributed by atoms with van der Waals surface area (Å²) in [5, 5.41) is 0. The third-order valence-corrected chi connectivity index (χ3v) is 4.35. The molecule has 4 unspecified atom stereocenters. The number of rotatable bonds is 4. The Bertz CT molecular complexity index is 150. The number of hydrogen-bond donors (Lipinski definition) is 0. The lowest BCUT2D eigenvalue weighted by Gasteiger charge is -2.26. The zero-order valence-corrected chi connectivity index (χ0v) is 9.35. The molecule has 0 saturated heterocycles. The second-order valence-corrected chi connectivity index (χ2v) is 5.17. The van der Waals surface area contributed by atoms with Crippen molar-refractivity contribution in [1.29, 1.82) is 0 Å². The van der Waals surface area contributed by atoms with Crippen LogP contribution in [0.15, 0.2) is 0 Å². The fourth-order valence-corrected chi connectivity index (χ4v) is 2.59. The van der Waals surface area contributed by atoms with E-state index in [2.05, 4.69) is 34.6 Å². The molecule has 1 rings (SSSR count). The van der Waals surface area contributed by atoms with Crippen molar-refractivity contribution < 1.29 is 0 Å². The molecule has 0 heterocycles. The highest BCUT2D eigenvalue weighted by atomic mass is 14.6. The van der Waals surface area contributed by atoms with Gasteiger partial charge in [-0.25, -0.2) is 0 Å². The molecule has 1 fully saturated rings. The van der Waals surface area contributed by atoms with Gasteiger partial charge in [0.25, 0.3) is 0 Å². The summed E-state index contributed by atoms with van der Waals surface area (Å²) in [6, 6.07) is 0. The Morgan fingerprint density at radius 2 is 1.92 bits per heavy atom. The van der Waals surface area contributed by atoms with Crippen LogP contribution in [0.1, 0.15) is 53.9 Å². The van der Waals surface area contributed by atoms with E-state index in [9.17, 15) is 0 Å². The van der Waals surface area contributed by atoms with Crippen LogP contribution in [0, 0.1) is 23.2 Å². The molecular weight excluding hydrogens is 144 g/mol. The second kappa shape index (κ2) is 3.40. The van der Waals surface area contributed by atoms with E-state index in [0.29, 0.717) is 5.41 Å². The van der Waals surface area contributed by atoms with Gasteiger partial charge in [-0.15, -0.1) is 0 Å². The lowest BCUT2D eigenvalue weighted by Crippen LogP contribution is -2.18. The summed E-state index contributed by atoms with van der Waals surface area (Å²) in [5.41, 5.74) is 0.689. The molecule has 0 heteroatoms. The average Bonchev–Trinajstić information content (AvgIpc) is 2.60. The van der Waals surface area contributed by atoms with Crippen molar-refractivity contribution in [2.24, 2.45) is 23.2 Å². The van der Waals surface area contributed by atoms with E-state index in [0.717, 1.165) is 17.8 Å². The average molecular weight is 168 g/mol. The molecule has 0 aliphatic heterocycles. The van der Waals surface area contributed by atoms with Gasteiger partial charge >= 0.3 is 0 Å². The molecule has 12 heavy (non-hydrogen) atoms. The van der Waals surface area contributed by atoms with Crippen molar-refractivity contribution in [1.82, 2.24) is 0 Å². The topological polar surface area (TPSA) is 0 Å². The van der Waals surface area contributed by atoms with E-state index < -0.39 is 0 Å². The molecule has 0 radical (unpaired) electrons. The quantitative estimate of drug-likeness (QED) is 0.592. The summed E-state index contributed by atoms with van der Waals surface area (Å²) in [4.78, 5) is 0. The standard InChI is InChI=1S/C12H24/c1-6-7-9(2)11(4)12(5)8-10(12)3/h9-11H,6-8H2,1-5H3. The molecule has 0 amide bonds. The van der Waals surface area contributed by atoms with E-state index >= 15 is 0 Å².